The number of hydrogen-bond donors (Lipinski definition) is 1. The average molecular weight is 432 g/mol. The Kier molecular flexibility index (Phi) is 5.69. The molecule has 1 amide bonds. The van der Waals surface area contributed by atoms with E-state index >= 15 is 0 Å². The van der Waals surface area contributed by atoms with Gasteiger partial charge in [0.15, 0.2) is 5.82 Å². The fourth-order valence-electron chi connectivity index (χ4n) is 3.55. The van der Waals surface area contributed by atoms with Gasteiger partial charge >= 0.3 is 0 Å². The summed E-state index contributed by atoms with van der Waals surface area (Å²) in [6, 6.07) is 12.2. The van der Waals surface area contributed by atoms with Crippen molar-refractivity contribution >= 4 is 17.2 Å². The zero-order valence-corrected chi connectivity index (χ0v) is 19.2. The molecule has 1 aromatic carbocycles. The van der Waals surface area contributed by atoms with Crippen molar-refractivity contribution in [3.05, 3.63) is 81.2 Å². The van der Waals surface area contributed by atoms with Gasteiger partial charge in [0.1, 0.15) is 9.88 Å². The van der Waals surface area contributed by atoms with Crippen LogP contribution in [0.5, 0.6) is 0 Å². The Morgan fingerprint density at radius 1 is 1.06 bits per heavy atom. The summed E-state index contributed by atoms with van der Waals surface area (Å²) in [5.41, 5.74) is 7.11. The monoisotopic (exact) mass is 431 g/mol. The molecule has 0 bridgehead atoms. The molecule has 0 atom stereocenters. The number of carbonyl (C=O) groups excluding carboxylic acids is 1. The molecular weight excluding hydrogens is 406 g/mol. The van der Waals surface area contributed by atoms with Crippen LogP contribution in [0.2, 0.25) is 0 Å². The number of aromatic nitrogens is 4. The fourth-order valence-corrected chi connectivity index (χ4v) is 4.62. The van der Waals surface area contributed by atoms with E-state index in [1.54, 1.807) is 6.20 Å². The molecule has 0 aliphatic rings. The van der Waals surface area contributed by atoms with E-state index in [0.717, 1.165) is 44.6 Å². The molecule has 7 heteroatoms. The van der Waals surface area contributed by atoms with E-state index < -0.39 is 0 Å². The molecule has 0 aliphatic heterocycles. The lowest BCUT2D eigenvalue weighted by Gasteiger charge is -2.07. The van der Waals surface area contributed by atoms with Gasteiger partial charge in [0.05, 0.1) is 11.4 Å². The van der Waals surface area contributed by atoms with Gasteiger partial charge in [0.2, 0.25) is 0 Å². The van der Waals surface area contributed by atoms with Crippen LogP contribution in [-0.4, -0.2) is 25.7 Å². The number of aryl methyl sites for hydroxylation is 5. The van der Waals surface area contributed by atoms with Crippen molar-refractivity contribution in [2.45, 2.75) is 41.2 Å². The van der Waals surface area contributed by atoms with Gasteiger partial charge in [0, 0.05) is 24.0 Å². The van der Waals surface area contributed by atoms with Gasteiger partial charge in [-0.15, -0.1) is 11.3 Å². The summed E-state index contributed by atoms with van der Waals surface area (Å²) in [6.07, 6.45) is 1.77. The van der Waals surface area contributed by atoms with Crippen LogP contribution in [0, 0.1) is 34.6 Å². The van der Waals surface area contributed by atoms with Crippen molar-refractivity contribution in [1.82, 2.24) is 25.1 Å². The first-order valence-corrected chi connectivity index (χ1v) is 11.0. The summed E-state index contributed by atoms with van der Waals surface area (Å²) in [4.78, 5) is 22.6. The quantitative estimate of drug-likeness (QED) is 0.490. The fraction of sp³-hybridized carbons (Fsp3) is 0.250. The molecule has 158 valence electrons. The van der Waals surface area contributed by atoms with E-state index in [2.05, 4.69) is 52.4 Å². The summed E-state index contributed by atoms with van der Waals surface area (Å²) < 4.78 is 1.81. The van der Waals surface area contributed by atoms with Crippen molar-refractivity contribution in [3.8, 4) is 16.4 Å². The van der Waals surface area contributed by atoms with Crippen molar-refractivity contribution < 1.29 is 4.79 Å². The number of nitrogens with zero attached hydrogens (tertiary/aromatic N) is 4. The number of nitrogens with one attached hydrogen (secondary N) is 1. The van der Waals surface area contributed by atoms with Gasteiger partial charge in [-0.3, -0.25) is 4.79 Å². The molecule has 6 nitrogen and oxygen atoms in total. The maximum Gasteiger partial charge on any atom is 0.263 e. The maximum absolute atomic E-state index is 12.8. The standard InChI is InChI=1S/C24H25N5OS/c1-14-6-8-20(15(2)10-14)24-27-18(5)22(31-24)23(30)26-13-19-7-9-21(25-12-19)29-17(4)11-16(3)28-29/h6-12H,13H2,1-5H3,(H,26,30). The summed E-state index contributed by atoms with van der Waals surface area (Å²) >= 11 is 1.43. The Labute approximate surface area is 186 Å². The third-order valence-corrected chi connectivity index (χ3v) is 6.29. The highest BCUT2D eigenvalue weighted by atomic mass is 32.1. The Hall–Kier alpha value is -3.32. The number of rotatable bonds is 5. The zero-order chi connectivity index (χ0) is 22.1. The molecule has 0 saturated heterocycles. The normalized spacial score (nSPS) is 11.0. The van der Waals surface area contributed by atoms with Crippen molar-refractivity contribution in [2.75, 3.05) is 0 Å². The number of pyridine rings is 1. The first kappa shape index (κ1) is 20.9. The number of benzene rings is 1. The topological polar surface area (TPSA) is 72.7 Å². The van der Waals surface area contributed by atoms with Crippen molar-refractivity contribution in [1.29, 1.82) is 0 Å². The van der Waals surface area contributed by atoms with Crippen molar-refractivity contribution in [2.24, 2.45) is 0 Å². The molecule has 0 spiro atoms. The van der Waals surface area contributed by atoms with Crippen LogP contribution in [0.4, 0.5) is 0 Å². The molecule has 31 heavy (non-hydrogen) atoms. The Morgan fingerprint density at radius 2 is 1.87 bits per heavy atom. The molecule has 0 unspecified atom stereocenters. The number of amides is 1. The van der Waals surface area contributed by atoms with E-state index in [4.69, 9.17) is 0 Å². The number of hydrogen-bond acceptors (Lipinski definition) is 5. The SMILES string of the molecule is Cc1ccc(-c2nc(C)c(C(=O)NCc3ccc(-n4nc(C)cc4C)nc3)s2)c(C)c1. The predicted molar refractivity (Wildman–Crippen MR) is 124 cm³/mol. The first-order chi connectivity index (χ1) is 14.8. The van der Waals surface area contributed by atoms with Crippen LogP contribution in [-0.2, 0) is 6.54 Å². The Bertz CT molecular complexity index is 1250. The maximum atomic E-state index is 12.8. The second-order valence-electron chi connectivity index (χ2n) is 7.80. The van der Waals surface area contributed by atoms with E-state index in [-0.39, 0.29) is 5.91 Å². The van der Waals surface area contributed by atoms with Crippen LogP contribution in [0.25, 0.3) is 16.4 Å². The highest BCUT2D eigenvalue weighted by Crippen LogP contribution is 2.30. The number of thiazole rings is 1. The van der Waals surface area contributed by atoms with Crippen LogP contribution < -0.4 is 5.32 Å². The smallest absolute Gasteiger partial charge is 0.263 e. The molecule has 0 fully saturated rings. The highest BCUT2D eigenvalue weighted by molar-refractivity contribution is 7.17. The van der Waals surface area contributed by atoms with E-state index in [9.17, 15) is 4.79 Å². The lowest BCUT2D eigenvalue weighted by Crippen LogP contribution is -2.22. The van der Waals surface area contributed by atoms with Gasteiger partial charge in [-0.05, 0) is 57.9 Å². The van der Waals surface area contributed by atoms with Crippen molar-refractivity contribution in [3.63, 3.8) is 0 Å². The van der Waals surface area contributed by atoms with Gasteiger partial charge < -0.3 is 5.32 Å². The van der Waals surface area contributed by atoms with E-state index in [1.807, 2.05) is 43.7 Å². The molecular formula is C24H25N5OS. The number of carbonyl (C=O) groups is 1. The third-order valence-electron chi connectivity index (χ3n) is 5.10. The minimum atomic E-state index is -0.117. The van der Waals surface area contributed by atoms with Crippen LogP contribution in [0.3, 0.4) is 0 Å². The lowest BCUT2D eigenvalue weighted by atomic mass is 10.1. The van der Waals surface area contributed by atoms with Crippen LogP contribution in [0.1, 0.15) is 43.4 Å². The molecule has 0 radical (unpaired) electrons. The highest BCUT2D eigenvalue weighted by Gasteiger charge is 2.17. The molecule has 0 saturated carbocycles. The summed E-state index contributed by atoms with van der Waals surface area (Å²) in [7, 11) is 0. The first-order valence-electron chi connectivity index (χ1n) is 10.1. The Balaban J connectivity index is 1.45. The van der Waals surface area contributed by atoms with Crippen LogP contribution in [0.15, 0.2) is 42.6 Å². The van der Waals surface area contributed by atoms with Gasteiger partial charge in [-0.2, -0.15) is 5.10 Å². The molecule has 4 aromatic rings. The molecule has 4 rings (SSSR count). The minimum absolute atomic E-state index is 0.117. The molecule has 3 heterocycles. The minimum Gasteiger partial charge on any atom is -0.347 e. The predicted octanol–water partition coefficient (Wildman–Crippen LogP) is 4.86. The van der Waals surface area contributed by atoms with Gasteiger partial charge in [-0.25, -0.2) is 14.6 Å². The average Bonchev–Trinajstić information content (AvgIpc) is 3.28. The second kappa shape index (κ2) is 8.43. The molecule has 3 aromatic heterocycles. The van der Waals surface area contributed by atoms with E-state index in [0.29, 0.717) is 11.4 Å². The van der Waals surface area contributed by atoms with Crippen LogP contribution >= 0.6 is 11.3 Å². The van der Waals surface area contributed by atoms with E-state index in [1.165, 1.54) is 16.9 Å². The van der Waals surface area contributed by atoms with Gasteiger partial charge in [-0.1, -0.05) is 29.8 Å². The Morgan fingerprint density at radius 3 is 2.52 bits per heavy atom. The van der Waals surface area contributed by atoms with Gasteiger partial charge in [0.25, 0.3) is 5.91 Å². The third kappa shape index (κ3) is 4.41. The summed E-state index contributed by atoms with van der Waals surface area (Å²) in [5, 5.41) is 8.31. The summed E-state index contributed by atoms with van der Waals surface area (Å²) in [5.74, 6) is 0.644. The summed E-state index contributed by atoms with van der Waals surface area (Å²) in [6.45, 7) is 10.4. The second-order valence-corrected chi connectivity index (χ2v) is 8.80. The molecule has 0 aliphatic carbocycles. The molecule has 1 N–H and O–H groups in total. The lowest BCUT2D eigenvalue weighted by molar-refractivity contribution is 0.0954. The largest absolute Gasteiger partial charge is 0.347 e. The zero-order valence-electron chi connectivity index (χ0n) is 18.4.